The van der Waals surface area contributed by atoms with Crippen molar-refractivity contribution in [3.8, 4) is 0 Å². The van der Waals surface area contributed by atoms with Gasteiger partial charge in [-0.15, -0.1) is 0 Å². The van der Waals surface area contributed by atoms with E-state index in [1.807, 2.05) is 0 Å². The first-order chi connectivity index (χ1) is 9.32. The lowest BCUT2D eigenvalue weighted by Crippen LogP contribution is -2.45. The molecule has 0 N–H and O–H groups in total. The molecule has 0 spiro atoms. The Morgan fingerprint density at radius 2 is 2.10 bits per heavy atom. The van der Waals surface area contributed by atoms with Gasteiger partial charge in [0.05, 0.1) is 10.6 Å². The van der Waals surface area contributed by atoms with Crippen LogP contribution in [0.4, 0.5) is 5.13 Å². The number of piperidine rings is 1. The lowest BCUT2D eigenvalue weighted by atomic mass is 9.91. The molecule has 1 atom stereocenters. The van der Waals surface area contributed by atoms with Gasteiger partial charge in [0.1, 0.15) is 0 Å². The lowest BCUT2D eigenvalue weighted by molar-refractivity contribution is 0.112. The quantitative estimate of drug-likeness (QED) is 0.804. The molecule has 0 aliphatic carbocycles. The maximum Gasteiger partial charge on any atom is 0.186 e. The van der Waals surface area contributed by atoms with Crippen molar-refractivity contribution in [3.63, 3.8) is 0 Å². The molecule has 1 aromatic heterocycles. The van der Waals surface area contributed by atoms with E-state index < -0.39 is 0 Å². The summed E-state index contributed by atoms with van der Waals surface area (Å²) in [5, 5.41) is 1.00. The van der Waals surface area contributed by atoms with Crippen LogP contribution < -0.4 is 4.90 Å². The minimum absolute atomic E-state index is 0.0816. The van der Waals surface area contributed by atoms with Gasteiger partial charge >= 0.3 is 0 Å². The van der Waals surface area contributed by atoms with Crippen molar-refractivity contribution in [1.29, 1.82) is 0 Å². The monoisotopic (exact) mass is 295 g/mol. The molecule has 0 aromatic carbocycles. The number of thiazole rings is 1. The van der Waals surface area contributed by atoms with Crippen LogP contribution >= 0.6 is 11.3 Å². The third-order valence-corrected chi connectivity index (χ3v) is 4.90. The summed E-state index contributed by atoms with van der Waals surface area (Å²) in [7, 11) is 4.26. The molecule has 1 fully saturated rings. The van der Waals surface area contributed by atoms with E-state index in [1.165, 1.54) is 24.2 Å². The normalized spacial score (nSPS) is 20.5. The van der Waals surface area contributed by atoms with Crippen LogP contribution in [-0.2, 0) is 5.41 Å². The molecule has 1 unspecified atom stereocenters. The highest BCUT2D eigenvalue weighted by Crippen LogP contribution is 2.34. The molecule has 0 amide bonds. The van der Waals surface area contributed by atoms with Gasteiger partial charge in [-0.1, -0.05) is 32.1 Å². The van der Waals surface area contributed by atoms with Gasteiger partial charge in [0.15, 0.2) is 11.4 Å². The van der Waals surface area contributed by atoms with E-state index in [9.17, 15) is 4.79 Å². The van der Waals surface area contributed by atoms with E-state index in [0.717, 1.165) is 35.1 Å². The second-order valence-corrected chi connectivity index (χ2v) is 7.79. The number of aromatic nitrogens is 1. The second kappa shape index (κ2) is 5.82. The van der Waals surface area contributed by atoms with Crippen molar-refractivity contribution in [2.45, 2.75) is 45.1 Å². The smallest absolute Gasteiger partial charge is 0.186 e. The van der Waals surface area contributed by atoms with Crippen LogP contribution in [0.1, 0.15) is 49.0 Å². The average molecular weight is 295 g/mol. The predicted octanol–water partition coefficient (Wildman–Crippen LogP) is 2.78. The van der Waals surface area contributed by atoms with Gasteiger partial charge in [0.2, 0.25) is 0 Å². The van der Waals surface area contributed by atoms with Gasteiger partial charge in [-0.2, -0.15) is 0 Å². The molecular weight excluding hydrogens is 270 g/mol. The number of anilines is 1. The Morgan fingerprint density at radius 3 is 2.60 bits per heavy atom. The first-order valence-electron chi connectivity index (χ1n) is 7.21. The molecular formula is C15H25N3OS. The van der Waals surface area contributed by atoms with E-state index in [1.54, 1.807) is 0 Å². The first-order valence-corrected chi connectivity index (χ1v) is 8.02. The number of carbonyl (C=O) groups excluding carboxylic acids is 1. The maximum atomic E-state index is 11.3. The number of likely N-dealkylation sites (N-methyl/N-ethyl adjacent to an activating group) is 1. The summed E-state index contributed by atoms with van der Waals surface area (Å²) in [6, 6.07) is 0.574. The van der Waals surface area contributed by atoms with E-state index in [0.29, 0.717) is 6.04 Å². The Balaban J connectivity index is 2.25. The van der Waals surface area contributed by atoms with Gasteiger partial charge in [0.25, 0.3) is 0 Å². The van der Waals surface area contributed by atoms with Gasteiger partial charge in [-0.3, -0.25) is 4.79 Å². The third kappa shape index (κ3) is 3.20. The van der Waals surface area contributed by atoms with Crippen LogP contribution in [0.25, 0.3) is 0 Å². The Kier molecular flexibility index (Phi) is 4.49. The van der Waals surface area contributed by atoms with E-state index in [-0.39, 0.29) is 5.41 Å². The van der Waals surface area contributed by atoms with Crippen LogP contribution in [0.3, 0.4) is 0 Å². The molecule has 20 heavy (non-hydrogen) atoms. The number of rotatable bonds is 3. The van der Waals surface area contributed by atoms with Crippen molar-refractivity contribution < 1.29 is 4.79 Å². The zero-order valence-corrected chi connectivity index (χ0v) is 14.0. The highest BCUT2D eigenvalue weighted by atomic mass is 32.1. The Labute approximate surface area is 125 Å². The van der Waals surface area contributed by atoms with Crippen LogP contribution in [0, 0.1) is 0 Å². The molecule has 2 heterocycles. The minimum atomic E-state index is -0.0816. The summed E-state index contributed by atoms with van der Waals surface area (Å²) in [6.07, 6.45) is 3.38. The molecule has 1 saturated heterocycles. The standard InChI is InChI=1S/C15H25N3OS/c1-15(2,3)13-12(10-19)20-14(16-13)18-8-6-7-11(9-18)17(4)5/h10-11H,6-9H2,1-5H3. The van der Waals surface area contributed by atoms with Crippen molar-refractivity contribution in [2.24, 2.45) is 0 Å². The molecule has 4 nitrogen and oxygen atoms in total. The predicted molar refractivity (Wildman–Crippen MR) is 85.1 cm³/mol. The molecule has 1 aliphatic heterocycles. The van der Waals surface area contributed by atoms with Crippen LogP contribution in [0.15, 0.2) is 0 Å². The Morgan fingerprint density at radius 1 is 1.40 bits per heavy atom. The van der Waals surface area contributed by atoms with Gasteiger partial charge < -0.3 is 9.80 Å². The van der Waals surface area contributed by atoms with Gasteiger partial charge in [0, 0.05) is 24.5 Å². The maximum absolute atomic E-state index is 11.3. The summed E-state index contributed by atoms with van der Waals surface area (Å²) < 4.78 is 0. The molecule has 5 heteroatoms. The first kappa shape index (κ1) is 15.4. The van der Waals surface area contributed by atoms with Gasteiger partial charge in [-0.05, 0) is 26.9 Å². The second-order valence-electron chi connectivity index (χ2n) is 6.78. The van der Waals surface area contributed by atoms with Crippen molar-refractivity contribution >= 4 is 22.8 Å². The van der Waals surface area contributed by atoms with Gasteiger partial charge in [-0.25, -0.2) is 4.98 Å². The summed E-state index contributed by atoms with van der Waals surface area (Å²) in [5.41, 5.74) is 0.848. The Bertz CT molecular complexity index is 476. The SMILES string of the molecule is CN(C)C1CCCN(c2nc(C(C)(C)C)c(C=O)s2)C1. The number of aldehydes is 1. The summed E-state index contributed by atoms with van der Waals surface area (Å²) in [6.45, 7) is 8.37. The van der Waals surface area contributed by atoms with E-state index >= 15 is 0 Å². The minimum Gasteiger partial charge on any atom is -0.347 e. The molecule has 112 valence electrons. The molecule has 0 radical (unpaired) electrons. The lowest BCUT2D eigenvalue weighted by Gasteiger charge is -2.36. The summed E-state index contributed by atoms with van der Waals surface area (Å²) in [5.74, 6) is 0. The largest absolute Gasteiger partial charge is 0.347 e. The molecule has 0 saturated carbocycles. The zero-order chi connectivity index (χ0) is 14.9. The van der Waals surface area contributed by atoms with Crippen LogP contribution in [0.5, 0.6) is 0 Å². The molecule has 2 rings (SSSR count). The van der Waals surface area contributed by atoms with Crippen molar-refractivity contribution in [2.75, 3.05) is 32.1 Å². The topological polar surface area (TPSA) is 36.4 Å². The van der Waals surface area contributed by atoms with Crippen LogP contribution in [-0.4, -0.2) is 49.4 Å². The van der Waals surface area contributed by atoms with Crippen molar-refractivity contribution in [1.82, 2.24) is 9.88 Å². The number of hydrogen-bond donors (Lipinski definition) is 0. The third-order valence-electron chi connectivity index (χ3n) is 3.86. The van der Waals surface area contributed by atoms with Crippen LogP contribution in [0.2, 0.25) is 0 Å². The van der Waals surface area contributed by atoms with Crippen molar-refractivity contribution in [3.05, 3.63) is 10.6 Å². The molecule has 1 aromatic rings. The number of nitrogens with zero attached hydrogens (tertiary/aromatic N) is 3. The number of carbonyl (C=O) groups is 1. The zero-order valence-electron chi connectivity index (χ0n) is 13.1. The van der Waals surface area contributed by atoms with E-state index in [2.05, 4.69) is 44.7 Å². The van der Waals surface area contributed by atoms with E-state index in [4.69, 9.17) is 4.98 Å². The fourth-order valence-electron chi connectivity index (χ4n) is 2.62. The Hall–Kier alpha value is -0.940. The summed E-state index contributed by atoms with van der Waals surface area (Å²) in [4.78, 5) is 21.4. The highest BCUT2D eigenvalue weighted by Gasteiger charge is 2.28. The fourth-order valence-corrected chi connectivity index (χ4v) is 3.75. The fraction of sp³-hybridized carbons (Fsp3) is 0.733. The highest BCUT2D eigenvalue weighted by molar-refractivity contribution is 7.17. The molecule has 0 bridgehead atoms. The average Bonchev–Trinajstić information content (AvgIpc) is 2.83. The molecule has 1 aliphatic rings. The summed E-state index contributed by atoms with van der Waals surface area (Å²) >= 11 is 1.53. The number of hydrogen-bond acceptors (Lipinski definition) is 5.